The van der Waals surface area contributed by atoms with Crippen LogP contribution < -0.4 is 5.32 Å². The van der Waals surface area contributed by atoms with E-state index in [1.807, 2.05) is 25.5 Å². The van der Waals surface area contributed by atoms with Gasteiger partial charge in [0.1, 0.15) is 18.8 Å². The number of nitrogens with zero attached hydrogens (tertiary/aromatic N) is 3. The second kappa shape index (κ2) is 8.33. The molecule has 0 fully saturated rings. The van der Waals surface area contributed by atoms with E-state index in [4.69, 9.17) is 0 Å². The quantitative estimate of drug-likeness (QED) is 0.712. The minimum atomic E-state index is -4.27. The van der Waals surface area contributed by atoms with Gasteiger partial charge >= 0.3 is 6.18 Å². The molecular formula is C13H23F3N4O. The van der Waals surface area contributed by atoms with Gasteiger partial charge in [-0.1, -0.05) is 6.92 Å². The Morgan fingerprint density at radius 1 is 1.38 bits per heavy atom. The molecule has 21 heavy (non-hydrogen) atoms. The minimum Gasteiger partial charge on any atom is -0.372 e. The van der Waals surface area contributed by atoms with Crippen molar-refractivity contribution in [3.63, 3.8) is 0 Å². The van der Waals surface area contributed by atoms with E-state index in [1.165, 1.54) is 6.33 Å². The highest BCUT2D eigenvalue weighted by Gasteiger charge is 2.27. The van der Waals surface area contributed by atoms with Crippen LogP contribution in [0.1, 0.15) is 39.1 Å². The number of nitrogens with one attached hydrogen (secondary N) is 1. The van der Waals surface area contributed by atoms with Crippen LogP contribution in [0.4, 0.5) is 13.2 Å². The summed E-state index contributed by atoms with van der Waals surface area (Å²) in [5, 5.41) is 7.40. The summed E-state index contributed by atoms with van der Waals surface area (Å²) in [4.78, 5) is 4.22. The van der Waals surface area contributed by atoms with Gasteiger partial charge in [0.05, 0.1) is 0 Å². The fourth-order valence-corrected chi connectivity index (χ4v) is 2.05. The average molecular weight is 308 g/mol. The molecule has 1 N–H and O–H groups in total. The van der Waals surface area contributed by atoms with Gasteiger partial charge in [-0.2, -0.15) is 18.3 Å². The third-order valence-electron chi connectivity index (χ3n) is 2.93. The number of likely N-dealkylation sites (N-methyl/N-ethyl adjacent to an activating group) is 1. The second-order valence-electron chi connectivity index (χ2n) is 5.13. The molecule has 0 aliphatic carbocycles. The van der Waals surface area contributed by atoms with E-state index in [-0.39, 0.29) is 18.7 Å². The molecule has 122 valence electrons. The number of ether oxygens (including phenoxy) is 1. The SMILES string of the molecule is CCNC(CCOCC(F)(F)F)Cc1ncnn1C(C)C. The summed E-state index contributed by atoms with van der Waals surface area (Å²) in [6, 6.07) is 0.219. The maximum atomic E-state index is 12.0. The molecule has 0 aliphatic heterocycles. The molecule has 0 aliphatic rings. The standard InChI is InChI=1S/C13H23F3N4O/c1-4-17-11(5-6-21-8-13(14,15)16)7-12-18-9-19-20(12)10(2)3/h9-11,17H,4-8H2,1-3H3. The lowest BCUT2D eigenvalue weighted by atomic mass is 10.1. The lowest BCUT2D eigenvalue weighted by Gasteiger charge is -2.19. The van der Waals surface area contributed by atoms with Gasteiger partial charge in [-0.25, -0.2) is 9.67 Å². The van der Waals surface area contributed by atoms with Gasteiger partial charge in [0.2, 0.25) is 0 Å². The molecule has 0 saturated carbocycles. The van der Waals surface area contributed by atoms with Crippen LogP contribution in [0.2, 0.25) is 0 Å². The fraction of sp³-hybridized carbons (Fsp3) is 0.846. The van der Waals surface area contributed by atoms with Crippen LogP contribution in [-0.2, 0) is 11.2 Å². The van der Waals surface area contributed by atoms with Crippen molar-refractivity contribution in [2.75, 3.05) is 19.8 Å². The van der Waals surface area contributed by atoms with E-state index in [0.29, 0.717) is 12.8 Å². The molecule has 0 amide bonds. The first-order valence-corrected chi connectivity index (χ1v) is 7.09. The van der Waals surface area contributed by atoms with Gasteiger partial charge < -0.3 is 10.1 Å². The molecule has 0 radical (unpaired) electrons. The van der Waals surface area contributed by atoms with E-state index in [9.17, 15) is 13.2 Å². The number of hydrogen-bond acceptors (Lipinski definition) is 4. The topological polar surface area (TPSA) is 52.0 Å². The predicted octanol–water partition coefficient (Wildman–Crippen LogP) is 2.35. The van der Waals surface area contributed by atoms with Crippen molar-refractivity contribution in [1.82, 2.24) is 20.1 Å². The number of rotatable bonds is 9. The minimum absolute atomic E-state index is 0.0185. The van der Waals surface area contributed by atoms with Gasteiger partial charge in [0.15, 0.2) is 0 Å². The highest BCUT2D eigenvalue weighted by atomic mass is 19.4. The molecule has 8 heteroatoms. The summed E-state index contributed by atoms with van der Waals surface area (Å²) in [5.74, 6) is 0.826. The smallest absolute Gasteiger partial charge is 0.372 e. The first kappa shape index (κ1) is 17.9. The third-order valence-corrected chi connectivity index (χ3v) is 2.93. The van der Waals surface area contributed by atoms with E-state index in [0.717, 1.165) is 12.4 Å². The van der Waals surface area contributed by atoms with Gasteiger partial charge in [-0.15, -0.1) is 0 Å². The molecule has 0 bridgehead atoms. The Bertz CT molecular complexity index is 406. The largest absolute Gasteiger partial charge is 0.411 e. The molecule has 1 aromatic heterocycles. The Morgan fingerprint density at radius 2 is 2.10 bits per heavy atom. The van der Waals surface area contributed by atoms with Crippen LogP contribution in [-0.4, -0.2) is 46.7 Å². The lowest BCUT2D eigenvalue weighted by Crippen LogP contribution is -2.34. The van der Waals surface area contributed by atoms with Crippen molar-refractivity contribution >= 4 is 0 Å². The van der Waals surface area contributed by atoms with Crippen molar-refractivity contribution in [1.29, 1.82) is 0 Å². The Morgan fingerprint density at radius 3 is 2.67 bits per heavy atom. The molecule has 1 aromatic rings. The molecule has 0 aromatic carbocycles. The second-order valence-corrected chi connectivity index (χ2v) is 5.13. The van der Waals surface area contributed by atoms with Gasteiger partial charge in [0, 0.05) is 25.1 Å². The van der Waals surface area contributed by atoms with Crippen LogP contribution in [0.3, 0.4) is 0 Å². The molecule has 5 nitrogen and oxygen atoms in total. The Kier molecular flexibility index (Phi) is 7.10. The zero-order chi connectivity index (χ0) is 15.9. The predicted molar refractivity (Wildman–Crippen MR) is 73.1 cm³/mol. The van der Waals surface area contributed by atoms with E-state index in [1.54, 1.807) is 0 Å². The molecule has 0 spiro atoms. The molecule has 0 saturated heterocycles. The van der Waals surface area contributed by atoms with Crippen LogP contribution in [0.25, 0.3) is 0 Å². The van der Waals surface area contributed by atoms with Crippen LogP contribution in [0.15, 0.2) is 6.33 Å². The molecule has 1 unspecified atom stereocenters. The number of halogens is 3. The van der Waals surface area contributed by atoms with Gasteiger partial charge in [-0.3, -0.25) is 0 Å². The average Bonchev–Trinajstić information content (AvgIpc) is 2.82. The zero-order valence-corrected chi connectivity index (χ0v) is 12.7. The number of aromatic nitrogens is 3. The Balaban J connectivity index is 2.47. The monoisotopic (exact) mass is 308 g/mol. The highest BCUT2D eigenvalue weighted by Crippen LogP contribution is 2.15. The summed E-state index contributed by atoms with van der Waals surface area (Å²) < 4.78 is 42.5. The number of alkyl halides is 3. The maximum Gasteiger partial charge on any atom is 0.411 e. The van der Waals surface area contributed by atoms with Crippen molar-refractivity contribution in [2.45, 2.75) is 51.9 Å². The molecular weight excluding hydrogens is 285 g/mol. The van der Waals surface area contributed by atoms with Gasteiger partial charge in [0.25, 0.3) is 0 Å². The molecule has 1 atom stereocenters. The summed E-state index contributed by atoms with van der Waals surface area (Å²) in [5.41, 5.74) is 0. The lowest BCUT2D eigenvalue weighted by molar-refractivity contribution is -0.174. The van der Waals surface area contributed by atoms with Crippen LogP contribution in [0.5, 0.6) is 0 Å². The third kappa shape index (κ3) is 6.90. The normalized spacial score (nSPS) is 13.9. The summed E-state index contributed by atoms with van der Waals surface area (Å²) in [6.45, 7) is 5.57. The van der Waals surface area contributed by atoms with Crippen molar-refractivity contribution in [3.8, 4) is 0 Å². The van der Waals surface area contributed by atoms with Gasteiger partial charge in [-0.05, 0) is 26.8 Å². The number of hydrogen-bond donors (Lipinski definition) is 1. The first-order valence-electron chi connectivity index (χ1n) is 7.09. The summed E-state index contributed by atoms with van der Waals surface area (Å²) in [6.07, 6.45) is -1.67. The van der Waals surface area contributed by atoms with Crippen molar-refractivity contribution in [3.05, 3.63) is 12.2 Å². The highest BCUT2D eigenvalue weighted by molar-refractivity contribution is 4.91. The molecule has 1 heterocycles. The summed E-state index contributed by atoms with van der Waals surface area (Å²) >= 11 is 0. The van der Waals surface area contributed by atoms with Crippen molar-refractivity contribution < 1.29 is 17.9 Å². The zero-order valence-electron chi connectivity index (χ0n) is 12.7. The Labute approximate surface area is 122 Å². The van der Waals surface area contributed by atoms with Crippen LogP contribution >= 0.6 is 0 Å². The summed E-state index contributed by atoms with van der Waals surface area (Å²) in [7, 11) is 0. The van der Waals surface area contributed by atoms with Crippen molar-refractivity contribution in [2.24, 2.45) is 0 Å². The first-order chi connectivity index (χ1) is 9.83. The Hall–Kier alpha value is -1.15. The molecule has 1 rings (SSSR count). The fourth-order valence-electron chi connectivity index (χ4n) is 2.05. The maximum absolute atomic E-state index is 12.0. The van der Waals surface area contributed by atoms with E-state index >= 15 is 0 Å². The van der Waals surface area contributed by atoms with E-state index < -0.39 is 12.8 Å². The van der Waals surface area contributed by atoms with E-state index in [2.05, 4.69) is 20.1 Å². The van der Waals surface area contributed by atoms with Crippen LogP contribution in [0, 0.1) is 0 Å².